The summed E-state index contributed by atoms with van der Waals surface area (Å²) >= 11 is 0. The van der Waals surface area contributed by atoms with E-state index in [9.17, 15) is 4.79 Å². The third-order valence-corrected chi connectivity index (χ3v) is 3.04. The molecule has 1 atom stereocenters. The molecule has 0 saturated heterocycles. The van der Waals surface area contributed by atoms with Gasteiger partial charge in [-0.05, 0) is 23.6 Å². The van der Waals surface area contributed by atoms with Crippen LogP contribution < -0.4 is 14.8 Å². The van der Waals surface area contributed by atoms with Gasteiger partial charge in [0.05, 0.1) is 7.11 Å². The van der Waals surface area contributed by atoms with Gasteiger partial charge >= 0.3 is 5.97 Å². The van der Waals surface area contributed by atoms with Crippen molar-refractivity contribution < 1.29 is 19.4 Å². The summed E-state index contributed by atoms with van der Waals surface area (Å²) in [6.45, 7) is 8.20. The van der Waals surface area contributed by atoms with Gasteiger partial charge in [-0.3, -0.25) is 4.79 Å². The van der Waals surface area contributed by atoms with E-state index < -0.39 is 12.0 Å². The lowest BCUT2D eigenvalue weighted by atomic mass is 10.0. The lowest BCUT2D eigenvalue weighted by molar-refractivity contribution is -0.140. The summed E-state index contributed by atoms with van der Waals surface area (Å²) in [6.07, 6.45) is 1.66. The first-order chi connectivity index (χ1) is 9.99. The van der Waals surface area contributed by atoms with Gasteiger partial charge in [0, 0.05) is 6.54 Å². The maximum absolute atomic E-state index is 11.1. The fourth-order valence-electron chi connectivity index (χ4n) is 1.93. The van der Waals surface area contributed by atoms with Gasteiger partial charge in [0.15, 0.2) is 11.5 Å². The van der Waals surface area contributed by atoms with Crippen LogP contribution in [0.2, 0.25) is 0 Å². The molecule has 0 aliphatic carbocycles. The van der Waals surface area contributed by atoms with Gasteiger partial charge in [-0.25, -0.2) is 0 Å². The predicted molar refractivity (Wildman–Crippen MR) is 81.8 cm³/mol. The molecule has 1 aromatic rings. The van der Waals surface area contributed by atoms with E-state index in [-0.39, 0.29) is 5.92 Å². The van der Waals surface area contributed by atoms with Crippen LogP contribution in [0.4, 0.5) is 0 Å². The Kier molecular flexibility index (Phi) is 6.75. The Balaban J connectivity index is 2.75. The number of aliphatic carboxylic acids is 1. The number of hydrogen-bond donors (Lipinski definition) is 2. The molecule has 0 amide bonds. The number of carboxylic acid groups (broad SMARTS) is 1. The summed E-state index contributed by atoms with van der Waals surface area (Å²) in [6, 6.07) is 4.95. The van der Waals surface area contributed by atoms with E-state index in [0.717, 1.165) is 5.56 Å². The number of carbonyl (C=O) groups is 1. The van der Waals surface area contributed by atoms with Gasteiger partial charge in [0.1, 0.15) is 12.6 Å². The summed E-state index contributed by atoms with van der Waals surface area (Å²) in [7, 11) is 1.57. The minimum absolute atomic E-state index is 0.0135. The van der Waals surface area contributed by atoms with Crippen molar-refractivity contribution in [3.05, 3.63) is 36.4 Å². The molecule has 0 heterocycles. The first kappa shape index (κ1) is 17.0. The van der Waals surface area contributed by atoms with Crippen LogP contribution in [0.1, 0.15) is 19.4 Å². The smallest absolute Gasteiger partial charge is 0.320 e. The molecule has 0 fully saturated rings. The molecule has 0 spiro atoms. The average Bonchev–Trinajstić information content (AvgIpc) is 2.45. The Morgan fingerprint density at radius 2 is 2.14 bits per heavy atom. The molecule has 2 N–H and O–H groups in total. The molecule has 0 bridgehead atoms. The zero-order valence-corrected chi connectivity index (χ0v) is 12.8. The van der Waals surface area contributed by atoms with E-state index in [0.29, 0.717) is 24.7 Å². The first-order valence-electron chi connectivity index (χ1n) is 6.86. The molecule has 1 aromatic carbocycles. The molecule has 5 nitrogen and oxygen atoms in total. The van der Waals surface area contributed by atoms with Crippen molar-refractivity contribution in [3.8, 4) is 11.5 Å². The number of carboxylic acids is 1. The molecular weight excluding hydrogens is 270 g/mol. The highest BCUT2D eigenvalue weighted by atomic mass is 16.5. The third-order valence-electron chi connectivity index (χ3n) is 3.04. The second-order valence-corrected chi connectivity index (χ2v) is 5.03. The first-order valence-corrected chi connectivity index (χ1v) is 6.86. The van der Waals surface area contributed by atoms with Gasteiger partial charge in [-0.1, -0.05) is 32.6 Å². The quantitative estimate of drug-likeness (QED) is 0.685. The zero-order valence-electron chi connectivity index (χ0n) is 12.8. The molecule has 0 aromatic heterocycles. The van der Waals surface area contributed by atoms with E-state index in [1.165, 1.54) is 0 Å². The summed E-state index contributed by atoms with van der Waals surface area (Å²) < 4.78 is 10.8. The lowest BCUT2D eigenvalue weighted by Gasteiger charge is -2.18. The Bertz CT molecular complexity index is 485. The van der Waals surface area contributed by atoms with Gasteiger partial charge < -0.3 is 19.9 Å². The number of methoxy groups -OCH3 is 1. The van der Waals surface area contributed by atoms with Crippen LogP contribution in [0.15, 0.2) is 30.9 Å². The molecule has 0 aliphatic heterocycles. The normalized spacial score (nSPS) is 12.0. The topological polar surface area (TPSA) is 67.8 Å². The highest BCUT2D eigenvalue weighted by Crippen LogP contribution is 2.28. The SMILES string of the molecule is C=CCOc1ccc(CNC(C(=O)O)C(C)C)cc1OC. The van der Waals surface area contributed by atoms with Crippen LogP contribution >= 0.6 is 0 Å². The van der Waals surface area contributed by atoms with E-state index in [1.807, 2.05) is 32.0 Å². The average molecular weight is 293 g/mol. The van der Waals surface area contributed by atoms with Crippen LogP contribution in [-0.4, -0.2) is 30.8 Å². The molecule has 0 radical (unpaired) electrons. The fraction of sp³-hybridized carbons (Fsp3) is 0.438. The number of hydrogen-bond acceptors (Lipinski definition) is 4. The Morgan fingerprint density at radius 1 is 1.43 bits per heavy atom. The van der Waals surface area contributed by atoms with Crippen LogP contribution in [0.25, 0.3) is 0 Å². The van der Waals surface area contributed by atoms with Crippen LogP contribution in [0.3, 0.4) is 0 Å². The van der Waals surface area contributed by atoms with Crippen molar-refractivity contribution in [1.29, 1.82) is 0 Å². The third kappa shape index (κ3) is 5.11. The van der Waals surface area contributed by atoms with E-state index in [2.05, 4.69) is 11.9 Å². The molecule has 21 heavy (non-hydrogen) atoms. The summed E-state index contributed by atoms with van der Waals surface area (Å²) in [5.41, 5.74) is 0.935. The Labute approximate surface area is 125 Å². The minimum Gasteiger partial charge on any atom is -0.493 e. The standard InChI is InChI=1S/C16H23NO4/c1-5-8-21-13-7-6-12(9-14(13)20-4)10-17-15(11(2)3)16(18)19/h5-7,9,11,15,17H,1,8,10H2,2-4H3,(H,18,19). The molecular formula is C16H23NO4. The van der Waals surface area contributed by atoms with Crippen LogP contribution in [0.5, 0.6) is 11.5 Å². The fourth-order valence-corrected chi connectivity index (χ4v) is 1.93. The molecule has 1 rings (SSSR count). The van der Waals surface area contributed by atoms with Crippen molar-refractivity contribution in [2.45, 2.75) is 26.4 Å². The number of ether oxygens (including phenoxy) is 2. The Morgan fingerprint density at radius 3 is 2.67 bits per heavy atom. The molecule has 1 unspecified atom stereocenters. The Hall–Kier alpha value is -2.01. The summed E-state index contributed by atoms with van der Waals surface area (Å²) in [5.74, 6) is 0.426. The summed E-state index contributed by atoms with van der Waals surface area (Å²) in [4.78, 5) is 11.1. The largest absolute Gasteiger partial charge is 0.493 e. The van der Waals surface area contributed by atoms with Gasteiger partial charge in [-0.2, -0.15) is 0 Å². The van der Waals surface area contributed by atoms with E-state index >= 15 is 0 Å². The predicted octanol–water partition coefficient (Wildman–Crippen LogP) is 2.46. The second kappa shape index (κ2) is 8.32. The summed E-state index contributed by atoms with van der Waals surface area (Å²) in [5, 5.41) is 12.2. The number of nitrogens with one attached hydrogen (secondary N) is 1. The van der Waals surface area contributed by atoms with Crippen LogP contribution in [-0.2, 0) is 11.3 Å². The van der Waals surface area contributed by atoms with Crippen molar-refractivity contribution in [3.63, 3.8) is 0 Å². The van der Waals surface area contributed by atoms with E-state index in [1.54, 1.807) is 13.2 Å². The number of rotatable bonds is 9. The maximum Gasteiger partial charge on any atom is 0.320 e. The van der Waals surface area contributed by atoms with Gasteiger partial charge in [0.25, 0.3) is 0 Å². The number of benzene rings is 1. The van der Waals surface area contributed by atoms with Crippen LogP contribution in [0, 0.1) is 5.92 Å². The second-order valence-electron chi connectivity index (χ2n) is 5.03. The van der Waals surface area contributed by atoms with Crippen molar-refractivity contribution in [1.82, 2.24) is 5.32 Å². The van der Waals surface area contributed by atoms with Crippen molar-refractivity contribution >= 4 is 5.97 Å². The maximum atomic E-state index is 11.1. The molecule has 0 aliphatic rings. The van der Waals surface area contributed by atoms with Gasteiger partial charge in [0.2, 0.25) is 0 Å². The lowest BCUT2D eigenvalue weighted by Crippen LogP contribution is -2.40. The molecule has 5 heteroatoms. The van der Waals surface area contributed by atoms with Crippen molar-refractivity contribution in [2.24, 2.45) is 5.92 Å². The molecule has 0 saturated carbocycles. The molecule has 116 valence electrons. The van der Waals surface area contributed by atoms with Crippen molar-refractivity contribution in [2.75, 3.05) is 13.7 Å². The highest BCUT2D eigenvalue weighted by molar-refractivity contribution is 5.73. The zero-order chi connectivity index (χ0) is 15.8. The van der Waals surface area contributed by atoms with E-state index in [4.69, 9.17) is 14.6 Å². The monoisotopic (exact) mass is 293 g/mol. The highest BCUT2D eigenvalue weighted by Gasteiger charge is 2.20. The minimum atomic E-state index is -0.845. The van der Waals surface area contributed by atoms with Gasteiger partial charge in [-0.15, -0.1) is 0 Å².